The Kier molecular flexibility index (Phi) is 4.79. The van der Waals surface area contributed by atoms with Gasteiger partial charge in [-0.05, 0) is 51.4 Å². The molecule has 1 fully saturated rings. The van der Waals surface area contributed by atoms with Crippen LogP contribution in [-0.4, -0.2) is 31.1 Å². The summed E-state index contributed by atoms with van der Waals surface area (Å²) in [4.78, 5) is 2.64. The summed E-state index contributed by atoms with van der Waals surface area (Å²) in [6.07, 6.45) is 1.25. The van der Waals surface area contributed by atoms with Gasteiger partial charge in [0, 0.05) is 12.6 Å². The second kappa shape index (κ2) is 6.35. The molecule has 2 unspecified atom stereocenters. The van der Waals surface area contributed by atoms with Crippen molar-refractivity contribution in [2.24, 2.45) is 5.92 Å². The van der Waals surface area contributed by atoms with Crippen LogP contribution in [0.5, 0.6) is 0 Å². The Morgan fingerprint density at radius 2 is 2.00 bits per heavy atom. The Morgan fingerprint density at radius 1 is 1.28 bits per heavy atom. The van der Waals surface area contributed by atoms with Crippen LogP contribution in [0.2, 0.25) is 0 Å². The quantitative estimate of drug-likeness (QED) is 0.863. The average Bonchev–Trinajstić information content (AvgIpc) is 2.34. The Balaban J connectivity index is 2.05. The molecule has 18 heavy (non-hydrogen) atoms. The molecule has 0 radical (unpaired) electrons. The smallest absolute Gasteiger partial charge is 0.0320 e. The maximum absolute atomic E-state index is 3.52. The molecule has 2 atom stereocenters. The van der Waals surface area contributed by atoms with Crippen molar-refractivity contribution in [2.75, 3.05) is 26.2 Å². The lowest BCUT2D eigenvalue weighted by Gasteiger charge is -2.33. The third-order valence-electron chi connectivity index (χ3n) is 3.95. The van der Waals surface area contributed by atoms with Gasteiger partial charge in [-0.25, -0.2) is 0 Å². The van der Waals surface area contributed by atoms with Gasteiger partial charge in [-0.15, -0.1) is 0 Å². The summed E-state index contributed by atoms with van der Waals surface area (Å²) >= 11 is 0. The van der Waals surface area contributed by atoms with E-state index in [9.17, 15) is 0 Å². The Morgan fingerprint density at radius 3 is 2.72 bits per heavy atom. The number of rotatable bonds is 2. The van der Waals surface area contributed by atoms with Gasteiger partial charge in [-0.3, -0.25) is 4.90 Å². The number of benzene rings is 1. The summed E-state index contributed by atoms with van der Waals surface area (Å²) in [5.41, 5.74) is 2.79. The maximum Gasteiger partial charge on any atom is 0.0320 e. The molecule has 100 valence electrons. The molecular formula is C16H26N2. The van der Waals surface area contributed by atoms with E-state index < -0.39 is 0 Å². The van der Waals surface area contributed by atoms with Crippen molar-refractivity contribution >= 4 is 0 Å². The van der Waals surface area contributed by atoms with E-state index in [1.165, 1.54) is 30.6 Å². The van der Waals surface area contributed by atoms with Gasteiger partial charge in [0.1, 0.15) is 0 Å². The molecule has 1 N–H and O–H groups in total. The normalized spacial score (nSPS) is 24.3. The second-order valence-electron chi connectivity index (χ2n) is 5.74. The average molecular weight is 246 g/mol. The first-order chi connectivity index (χ1) is 8.66. The van der Waals surface area contributed by atoms with E-state index in [0.29, 0.717) is 6.04 Å². The fraction of sp³-hybridized carbons (Fsp3) is 0.625. The molecule has 0 saturated carbocycles. The molecule has 2 nitrogen and oxygen atoms in total. The molecule has 1 aliphatic heterocycles. The minimum absolute atomic E-state index is 0.533. The van der Waals surface area contributed by atoms with Crippen LogP contribution in [0.1, 0.15) is 37.4 Å². The molecule has 1 saturated heterocycles. The molecule has 2 heteroatoms. The first-order valence-electron chi connectivity index (χ1n) is 7.18. The molecule has 1 aliphatic rings. The van der Waals surface area contributed by atoms with E-state index in [-0.39, 0.29) is 0 Å². The zero-order chi connectivity index (χ0) is 13.0. The van der Waals surface area contributed by atoms with Crippen LogP contribution >= 0.6 is 0 Å². The molecule has 0 aliphatic carbocycles. The zero-order valence-corrected chi connectivity index (χ0v) is 11.9. The molecular weight excluding hydrogens is 220 g/mol. The number of aryl methyl sites for hydroxylation is 1. The van der Waals surface area contributed by atoms with E-state index >= 15 is 0 Å². The molecule has 0 amide bonds. The highest BCUT2D eigenvalue weighted by Gasteiger charge is 2.19. The lowest BCUT2D eigenvalue weighted by atomic mass is 10.0. The summed E-state index contributed by atoms with van der Waals surface area (Å²) in [7, 11) is 0. The monoisotopic (exact) mass is 246 g/mol. The number of hydrogen-bond acceptors (Lipinski definition) is 2. The molecule has 1 heterocycles. The van der Waals surface area contributed by atoms with Crippen molar-refractivity contribution in [3.05, 3.63) is 35.4 Å². The van der Waals surface area contributed by atoms with Crippen molar-refractivity contribution in [2.45, 2.75) is 33.2 Å². The lowest BCUT2D eigenvalue weighted by Crippen LogP contribution is -2.39. The molecule has 0 aromatic heterocycles. The molecule has 0 spiro atoms. The topological polar surface area (TPSA) is 15.3 Å². The number of nitrogens with zero attached hydrogens (tertiary/aromatic N) is 1. The number of nitrogens with one attached hydrogen (secondary N) is 1. The maximum atomic E-state index is 3.52. The van der Waals surface area contributed by atoms with Gasteiger partial charge in [0.15, 0.2) is 0 Å². The highest BCUT2D eigenvalue weighted by molar-refractivity contribution is 5.23. The first-order valence-corrected chi connectivity index (χ1v) is 7.18. The van der Waals surface area contributed by atoms with Gasteiger partial charge in [0.2, 0.25) is 0 Å². The van der Waals surface area contributed by atoms with Gasteiger partial charge >= 0.3 is 0 Å². The lowest BCUT2D eigenvalue weighted by molar-refractivity contribution is 0.167. The Labute approximate surface area is 111 Å². The summed E-state index contributed by atoms with van der Waals surface area (Å²) < 4.78 is 0. The fourth-order valence-electron chi connectivity index (χ4n) is 2.72. The van der Waals surface area contributed by atoms with Crippen molar-refractivity contribution in [3.8, 4) is 0 Å². The van der Waals surface area contributed by atoms with E-state index in [1.807, 2.05) is 0 Å². The Bertz CT molecular complexity index is 358. The van der Waals surface area contributed by atoms with E-state index in [1.54, 1.807) is 0 Å². The fourth-order valence-corrected chi connectivity index (χ4v) is 2.72. The van der Waals surface area contributed by atoms with E-state index in [0.717, 1.165) is 19.0 Å². The minimum atomic E-state index is 0.533. The third kappa shape index (κ3) is 3.56. The van der Waals surface area contributed by atoms with Gasteiger partial charge in [0.25, 0.3) is 0 Å². The van der Waals surface area contributed by atoms with Crippen molar-refractivity contribution < 1.29 is 0 Å². The van der Waals surface area contributed by atoms with Gasteiger partial charge in [-0.1, -0.05) is 36.8 Å². The van der Waals surface area contributed by atoms with Crippen LogP contribution < -0.4 is 5.32 Å². The van der Waals surface area contributed by atoms with E-state index in [4.69, 9.17) is 0 Å². The minimum Gasteiger partial charge on any atom is -0.316 e. The van der Waals surface area contributed by atoms with Crippen LogP contribution in [-0.2, 0) is 0 Å². The molecule has 1 aromatic rings. The van der Waals surface area contributed by atoms with Crippen LogP contribution in [0.25, 0.3) is 0 Å². The van der Waals surface area contributed by atoms with Crippen LogP contribution in [0.3, 0.4) is 0 Å². The summed E-state index contributed by atoms with van der Waals surface area (Å²) in [5, 5.41) is 3.52. The first kappa shape index (κ1) is 13.6. The van der Waals surface area contributed by atoms with Crippen LogP contribution in [0, 0.1) is 12.8 Å². The highest BCUT2D eigenvalue weighted by atomic mass is 15.2. The number of hydrogen-bond donors (Lipinski definition) is 1. The molecule has 0 bridgehead atoms. The van der Waals surface area contributed by atoms with Gasteiger partial charge < -0.3 is 5.32 Å². The predicted octanol–water partition coefficient (Wildman–Crippen LogP) is 2.99. The SMILES string of the molecule is Cc1ccc(C(C)N2CCCNCC(C)C2)cc1. The van der Waals surface area contributed by atoms with E-state index in [2.05, 4.69) is 55.3 Å². The van der Waals surface area contributed by atoms with Crippen molar-refractivity contribution in [3.63, 3.8) is 0 Å². The summed E-state index contributed by atoms with van der Waals surface area (Å²) in [5.74, 6) is 0.734. The van der Waals surface area contributed by atoms with Crippen LogP contribution in [0.15, 0.2) is 24.3 Å². The van der Waals surface area contributed by atoms with Crippen molar-refractivity contribution in [1.82, 2.24) is 10.2 Å². The van der Waals surface area contributed by atoms with Crippen LogP contribution in [0.4, 0.5) is 0 Å². The molecule has 1 aromatic carbocycles. The van der Waals surface area contributed by atoms with Gasteiger partial charge in [-0.2, -0.15) is 0 Å². The zero-order valence-electron chi connectivity index (χ0n) is 11.9. The summed E-state index contributed by atoms with van der Waals surface area (Å²) in [6, 6.07) is 9.54. The van der Waals surface area contributed by atoms with Gasteiger partial charge in [0.05, 0.1) is 0 Å². The largest absolute Gasteiger partial charge is 0.316 e. The molecule has 2 rings (SSSR count). The standard InChI is InChI=1S/C16H26N2/c1-13-5-7-16(8-6-13)15(3)18-10-4-9-17-11-14(2)12-18/h5-8,14-15,17H,4,9-12H2,1-3H3. The predicted molar refractivity (Wildman–Crippen MR) is 77.8 cm³/mol. The Hall–Kier alpha value is -0.860. The highest BCUT2D eigenvalue weighted by Crippen LogP contribution is 2.22. The van der Waals surface area contributed by atoms with Crippen molar-refractivity contribution in [1.29, 1.82) is 0 Å². The second-order valence-corrected chi connectivity index (χ2v) is 5.74. The summed E-state index contributed by atoms with van der Waals surface area (Å²) in [6.45, 7) is 11.5. The third-order valence-corrected chi connectivity index (χ3v) is 3.95.